The number of hydrogen-bond acceptors (Lipinski definition) is 2. The zero-order valence-electron chi connectivity index (χ0n) is 45.8. The number of para-hydroxylation sites is 2. The van der Waals surface area contributed by atoms with Crippen molar-refractivity contribution in [1.82, 2.24) is 18.7 Å². The van der Waals surface area contributed by atoms with Crippen LogP contribution in [0.5, 0.6) is 11.5 Å². The van der Waals surface area contributed by atoms with Crippen molar-refractivity contribution in [3.63, 3.8) is 0 Å². The van der Waals surface area contributed by atoms with Gasteiger partial charge in [0.15, 0.2) is 0 Å². The molecule has 374 valence electrons. The number of benzene rings is 9. The molecule has 76 heavy (non-hydrogen) atoms. The largest absolute Gasteiger partial charge is 0.238 e. The fraction of sp³-hybridized carbons (Fsp3) is 0.143. The van der Waals surface area contributed by atoms with Gasteiger partial charge in [-0.05, 0) is 47.3 Å². The van der Waals surface area contributed by atoms with Crippen molar-refractivity contribution in [3.8, 4) is 67.5 Å². The van der Waals surface area contributed by atoms with Gasteiger partial charge in [-0.25, -0.2) is 4.98 Å². The summed E-state index contributed by atoms with van der Waals surface area (Å²) in [6, 6.07) is 76.7. The van der Waals surface area contributed by atoms with Crippen molar-refractivity contribution in [2.45, 2.75) is 64.8 Å². The molecule has 0 saturated carbocycles. The average Bonchev–Trinajstić information content (AvgIpc) is 4.10. The van der Waals surface area contributed by atoms with E-state index in [1.54, 1.807) is 12.3 Å². The Hall–Kier alpha value is -8.11. The third kappa shape index (κ3) is 8.57. The minimum atomic E-state index is -2.39. The van der Waals surface area contributed by atoms with E-state index in [-0.39, 0.29) is 17.0 Å². The summed E-state index contributed by atoms with van der Waals surface area (Å²) in [6.45, 7) is 4.52. The van der Waals surface area contributed by atoms with Crippen LogP contribution in [0.15, 0.2) is 225 Å². The minimum Gasteiger partial charge on any atom is -0.238 e. The molecule has 5 nitrogen and oxygen atoms in total. The molecule has 6 heteroatoms. The summed E-state index contributed by atoms with van der Waals surface area (Å²) >= 11 is 2.60. The molecular weight excluding hydrogens is 1110 g/mol. The summed E-state index contributed by atoms with van der Waals surface area (Å²) in [5, 5.41) is 2.04. The van der Waals surface area contributed by atoms with Crippen molar-refractivity contribution in [2.24, 2.45) is 0 Å². The van der Waals surface area contributed by atoms with Crippen molar-refractivity contribution in [3.05, 3.63) is 251 Å². The van der Waals surface area contributed by atoms with Crippen LogP contribution in [-0.2, 0) is 31.2 Å². The first-order chi connectivity index (χ1) is 38.4. The zero-order valence-corrected chi connectivity index (χ0v) is 45.1. The second-order valence-corrected chi connectivity index (χ2v) is 22.1. The molecule has 9 aromatic carbocycles. The van der Waals surface area contributed by atoms with E-state index in [0.29, 0.717) is 17.1 Å². The van der Waals surface area contributed by atoms with E-state index < -0.39 is 6.85 Å². The Balaban J connectivity index is 0.956. The molecule has 0 N–H and O–H groups in total. The van der Waals surface area contributed by atoms with Crippen LogP contribution in [0.2, 0.25) is 0 Å². The normalized spacial score (nSPS) is 14.5. The van der Waals surface area contributed by atoms with Gasteiger partial charge in [0.05, 0.1) is 0 Å². The van der Waals surface area contributed by atoms with Crippen LogP contribution >= 0.6 is 0 Å². The first-order valence-electron chi connectivity index (χ1n) is 27.9. The number of hydrogen-bond donors (Lipinski definition) is 0. The van der Waals surface area contributed by atoms with Crippen LogP contribution in [0.3, 0.4) is 0 Å². The Bertz CT molecular complexity index is 4270. The van der Waals surface area contributed by atoms with E-state index >= 15 is 0 Å². The maximum atomic E-state index is 8.72. The number of imidazole rings is 1. The van der Waals surface area contributed by atoms with Crippen molar-refractivity contribution >= 4 is 32.8 Å². The quantitative estimate of drug-likeness (QED) is 0.135. The number of pyridine rings is 1. The SMILES string of the molecule is [2H]C([2H])([2H])c1cc(-n2c3ccc(-c4ccccc4)cc3c3ccc(Oc4ccc5c(c4)C(n4[c](=[Pt])n(-c6c(-c7ccccc7)cc(C(C)(C)C)cc6-c6ccccc6)c6ccccc64)CCCC5)cc32)ncc1-c1ccccc1. The number of nitrogens with zero attached hydrogens (tertiary/aromatic N) is 4. The molecule has 0 spiro atoms. The van der Waals surface area contributed by atoms with Crippen molar-refractivity contribution in [2.75, 3.05) is 0 Å². The smallest absolute Gasteiger partial charge is 0.0374 e. The summed E-state index contributed by atoms with van der Waals surface area (Å²) in [4.78, 5) is 5.03. The second kappa shape index (κ2) is 19.5. The maximum absolute atomic E-state index is 8.72. The molecular formula is C70H58N4OPt. The van der Waals surface area contributed by atoms with Gasteiger partial charge in [-0.15, -0.1) is 0 Å². The summed E-state index contributed by atoms with van der Waals surface area (Å²) in [5.74, 6) is 1.94. The number of fused-ring (bicyclic) bond motifs is 5. The summed E-state index contributed by atoms with van der Waals surface area (Å²) in [7, 11) is 0. The van der Waals surface area contributed by atoms with Crippen LogP contribution in [0, 0.1) is 10.7 Å². The fourth-order valence-electron chi connectivity index (χ4n) is 11.5. The molecule has 0 bridgehead atoms. The first-order valence-corrected chi connectivity index (χ1v) is 27.5. The van der Waals surface area contributed by atoms with Crippen LogP contribution in [-0.4, -0.2) is 18.7 Å². The topological polar surface area (TPSA) is 36.9 Å². The molecule has 1 unspecified atom stereocenters. The molecule has 0 saturated heterocycles. The van der Waals surface area contributed by atoms with E-state index in [1.807, 2.05) is 36.4 Å². The molecule has 3 aromatic heterocycles. The van der Waals surface area contributed by atoms with E-state index in [1.165, 1.54) is 44.5 Å². The molecule has 12 aromatic rings. The molecule has 0 aliphatic heterocycles. The Morgan fingerprint density at radius 3 is 1.79 bits per heavy atom. The zero-order chi connectivity index (χ0) is 54.0. The van der Waals surface area contributed by atoms with Crippen molar-refractivity contribution < 1.29 is 28.2 Å². The van der Waals surface area contributed by atoms with Crippen molar-refractivity contribution in [1.29, 1.82) is 0 Å². The Kier molecular flexibility index (Phi) is 11.4. The van der Waals surface area contributed by atoms with Crippen LogP contribution in [0.25, 0.3) is 88.9 Å². The summed E-state index contributed by atoms with van der Waals surface area (Å²) in [5.41, 5.74) is 17.6. The molecule has 13 rings (SSSR count). The van der Waals surface area contributed by atoms with Gasteiger partial charge in [-0.1, -0.05) is 66.7 Å². The maximum Gasteiger partial charge on any atom is 0.0374 e. The van der Waals surface area contributed by atoms with Gasteiger partial charge in [0.25, 0.3) is 0 Å². The average molecular weight is 1170 g/mol. The van der Waals surface area contributed by atoms with Gasteiger partial charge in [0, 0.05) is 15.9 Å². The Labute approximate surface area is 460 Å². The first kappa shape index (κ1) is 44.2. The van der Waals surface area contributed by atoms with E-state index in [0.717, 1.165) is 84.9 Å². The Morgan fingerprint density at radius 1 is 0.526 bits per heavy atom. The standard InChI is InChI=1S/C70H58N4O.Pt/c1-47-39-68(71-45-62(47)51-27-15-8-16-28-51)74-64-38-34-53(48-21-9-5-10-22-48)40-61(64)57-37-36-56(44-67(57)74)75-55-35-33-52-29-17-18-30-63(58(52)43-55)72-46-73(66-32-20-19-31-65(66)72)69-59(49-23-11-6-12-24-49)41-54(70(2,3)4)42-60(69)50-25-13-7-14-26-50;/h5-16,19-28,31-45,63H,17-18,29-30H2,1-4H3;/i1D3;. The second-order valence-electron chi connectivity index (χ2n) is 21.1. The van der Waals surface area contributed by atoms with Gasteiger partial charge >= 0.3 is 328 Å². The number of aromatic nitrogens is 4. The summed E-state index contributed by atoms with van der Waals surface area (Å²) < 4.78 is 41.5. The molecule has 1 atom stereocenters. The number of aryl methyl sites for hydroxylation is 2. The third-order valence-corrected chi connectivity index (χ3v) is 16.4. The van der Waals surface area contributed by atoms with Crippen LogP contribution in [0.1, 0.15) is 72.4 Å². The van der Waals surface area contributed by atoms with E-state index in [9.17, 15) is 0 Å². The van der Waals surface area contributed by atoms with E-state index in [4.69, 9.17) is 13.8 Å². The Morgan fingerprint density at radius 2 is 1.13 bits per heavy atom. The number of ether oxygens (including phenoxy) is 1. The molecule has 0 fully saturated rings. The molecule has 0 amide bonds. The number of rotatable bonds is 9. The predicted octanol–water partition coefficient (Wildman–Crippen LogP) is 18.4. The summed E-state index contributed by atoms with van der Waals surface area (Å²) in [6.07, 6.45) is 5.84. The van der Waals surface area contributed by atoms with Gasteiger partial charge in [0.2, 0.25) is 0 Å². The van der Waals surface area contributed by atoms with Gasteiger partial charge in [0.1, 0.15) is 0 Å². The monoisotopic (exact) mass is 1170 g/mol. The molecule has 0 radical (unpaired) electrons. The molecule has 1 aliphatic rings. The van der Waals surface area contributed by atoms with Crippen LogP contribution in [0.4, 0.5) is 0 Å². The van der Waals surface area contributed by atoms with Crippen LogP contribution < -0.4 is 4.74 Å². The minimum absolute atomic E-state index is 0.0232. The third-order valence-electron chi connectivity index (χ3n) is 15.4. The van der Waals surface area contributed by atoms with E-state index in [2.05, 4.69) is 230 Å². The molecule has 3 heterocycles. The van der Waals surface area contributed by atoms with Gasteiger partial charge in [-0.2, -0.15) is 0 Å². The molecule has 1 aliphatic carbocycles. The van der Waals surface area contributed by atoms with Gasteiger partial charge in [-0.3, -0.25) is 0 Å². The fourth-order valence-corrected chi connectivity index (χ4v) is 12.7. The predicted molar refractivity (Wildman–Crippen MR) is 310 cm³/mol. The van der Waals surface area contributed by atoms with Gasteiger partial charge < -0.3 is 0 Å².